The van der Waals surface area contributed by atoms with Crippen molar-refractivity contribution in [1.29, 1.82) is 0 Å². The van der Waals surface area contributed by atoms with Gasteiger partial charge in [-0.25, -0.2) is 0 Å². The van der Waals surface area contributed by atoms with E-state index in [1.54, 1.807) is 0 Å². The number of Topliss-reactive ketones (excluding diaryl/α,β-unsaturated/α-hetero) is 1. The maximum absolute atomic E-state index is 14.3. The molecule has 0 radical (unpaired) electrons. The molecule has 53 heavy (non-hydrogen) atoms. The van der Waals surface area contributed by atoms with Crippen molar-refractivity contribution in [2.45, 2.75) is 177 Å². The molecule has 4 saturated heterocycles. The Hall–Kier alpha value is -0.850. The predicted octanol–water partition coefficient (Wildman–Crippen LogP) is 0.764. The summed E-state index contributed by atoms with van der Waals surface area (Å²) in [5.74, 6) is 0.00822. The molecule has 14 heteroatoms. The summed E-state index contributed by atoms with van der Waals surface area (Å²) in [7, 11) is 0. The van der Waals surface area contributed by atoms with Crippen LogP contribution >= 0.6 is 0 Å². The Morgan fingerprint density at radius 1 is 0.811 bits per heavy atom. The van der Waals surface area contributed by atoms with Gasteiger partial charge in [0.2, 0.25) is 0 Å². The summed E-state index contributed by atoms with van der Waals surface area (Å²) in [6.07, 6.45) is -8.42. The summed E-state index contributed by atoms with van der Waals surface area (Å²) >= 11 is 0. The molecule has 8 rings (SSSR count). The number of hydrogen-bond acceptors (Lipinski definition) is 14. The summed E-state index contributed by atoms with van der Waals surface area (Å²) in [4.78, 5) is 14.3. The first-order valence-corrected chi connectivity index (χ1v) is 20.2. The van der Waals surface area contributed by atoms with E-state index in [2.05, 4.69) is 27.7 Å². The van der Waals surface area contributed by atoms with Gasteiger partial charge in [0, 0.05) is 30.1 Å². The van der Waals surface area contributed by atoms with Gasteiger partial charge in [0.15, 0.2) is 18.4 Å². The number of aliphatic hydroxyl groups excluding tert-OH is 6. The third-order valence-corrected chi connectivity index (χ3v) is 16.2. The maximum atomic E-state index is 14.3. The molecule has 302 valence electrons. The fourth-order valence-electron chi connectivity index (χ4n) is 12.9. The van der Waals surface area contributed by atoms with Gasteiger partial charge in [0.25, 0.3) is 0 Å². The highest BCUT2D eigenvalue weighted by Gasteiger charge is 2.77. The van der Waals surface area contributed by atoms with Crippen molar-refractivity contribution >= 4 is 5.78 Å². The highest BCUT2D eigenvalue weighted by Crippen LogP contribution is 2.72. The Bertz CT molecular complexity index is 1380. The van der Waals surface area contributed by atoms with Crippen LogP contribution in [0.4, 0.5) is 0 Å². The zero-order chi connectivity index (χ0) is 38.0. The normalized spacial score (nSPS) is 59.6. The van der Waals surface area contributed by atoms with Crippen molar-refractivity contribution in [3.63, 3.8) is 0 Å². The van der Waals surface area contributed by atoms with E-state index in [0.717, 1.165) is 25.7 Å². The Balaban J connectivity index is 0.976. The lowest BCUT2D eigenvalue weighted by atomic mass is 9.43. The lowest BCUT2D eigenvalue weighted by Crippen LogP contribution is -2.64. The van der Waals surface area contributed by atoms with Gasteiger partial charge in [-0.05, 0) is 81.0 Å². The maximum Gasteiger partial charge on any atom is 0.187 e. The minimum atomic E-state index is -1.66. The molecule has 4 saturated carbocycles. The molecule has 7 N–H and O–H groups in total. The molecule has 4 aliphatic carbocycles. The standard InChI is InChI=1S/C39H62O14/c1-17-6-11-38(48-16-17)19(3)39(47)27(53-38)14-23-21-13-25(41)24-12-20(7-9-36(24,4)22(21)8-10-37(23,39)5)50-35-33(31(45)29(43)26(15-40)51-35)52-34-32(46)30(44)28(42)18(2)49-34/h17-24,26-35,40,42-47H,6-16H2,1-5H3/t17-,18+,19-,20+,21-,22+,23+,24-,26-,27+,28+,29-,30-,31+,32-,33-,34+,35-,36-,37+,38-,39-/m1/s1. The molecule has 8 aliphatic rings. The number of ketones is 1. The van der Waals surface area contributed by atoms with Crippen molar-refractivity contribution < 1.29 is 69.0 Å². The summed E-state index contributed by atoms with van der Waals surface area (Å²) in [5.41, 5.74) is -1.72. The van der Waals surface area contributed by atoms with E-state index in [-0.39, 0.29) is 46.9 Å². The van der Waals surface area contributed by atoms with Crippen molar-refractivity contribution in [2.24, 2.45) is 46.3 Å². The first kappa shape index (κ1) is 39.0. The number of rotatable bonds is 5. The number of carbonyl (C=O) groups is 1. The first-order valence-electron chi connectivity index (χ1n) is 20.2. The molecule has 0 bridgehead atoms. The molecule has 0 aromatic carbocycles. The monoisotopic (exact) mass is 754 g/mol. The summed E-state index contributed by atoms with van der Waals surface area (Å²) in [6.45, 7) is 10.3. The van der Waals surface area contributed by atoms with Crippen molar-refractivity contribution in [2.75, 3.05) is 13.2 Å². The number of ether oxygens (including phenoxy) is 6. The highest BCUT2D eigenvalue weighted by atomic mass is 16.8. The summed E-state index contributed by atoms with van der Waals surface area (Å²) in [6, 6.07) is 0. The number of fused-ring (bicyclic) bond motifs is 7. The highest BCUT2D eigenvalue weighted by molar-refractivity contribution is 5.83. The van der Waals surface area contributed by atoms with Crippen molar-refractivity contribution in [3.8, 4) is 0 Å². The van der Waals surface area contributed by atoms with Gasteiger partial charge in [-0.3, -0.25) is 4.79 Å². The van der Waals surface area contributed by atoms with E-state index in [4.69, 9.17) is 28.4 Å². The molecule has 14 nitrogen and oxygen atoms in total. The van der Waals surface area contributed by atoms with E-state index >= 15 is 0 Å². The zero-order valence-corrected chi connectivity index (χ0v) is 31.7. The van der Waals surface area contributed by atoms with Crippen molar-refractivity contribution in [3.05, 3.63) is 0 Å². The van der Waals surface area contributed by atoms with E-state index < -0.39 is 90.9 Å². The minimum absolute atomic E-state index is 0.133. The van der Waals surface area contributed by atoms with Crippen LogP contribution in [0.25, 0.3) is 0 Å². The molecule has 22 atom stereocenters. The van der Waals surface area contributed by atoms with Crippen LogP contribution in [0, 0.1) is 46.3 Å². The number of hydrogen-bond donors (Lipinski definition) is 7. The molecule has 0 unspecified atom stereocenters. The van der Waals surface area contributed by atoms with Crippen LogP contribution in [0.1, 0.15) is 92.4 Å². The Morgan fingerprint density at radius 3 is 2.26 bits per heavy atom. The van der Waals surface area contributed by atoms with E-state index in [0.29, 0.717) is 44.6 Å². The second kappa shape index (κ2) is 13.6. The Kier molecular flexibility index (Phi) is 10.0. The zero-order valence-electron chi connectivity index (χ0n) is 31.7. The topological polar surface area (TPSA) is 214 Å². The molecule has 4 aliphatic heterocycles. The van der Waals surface area contributed by atoms with Crippen molar-refractivity contribution in [1.82, 2.24) is 0 Å². The second-order valence-corrected chi connectivity index (χ2v) is 18.7. The van der Waals surface area contributed by atoms with E-state index in [1.165, 1.54) is 6.92 Å². The number of aliphatic hydroxyl groups is 7. The molecule has 0 amide bonds. The van der Waals surface area contributed by atoms with Gasteiger partial charge in [-0.2, -0.15) is 0 Å². The predicted molar refractivity (Wildman–Crippen MR) is 183 cm³/mol. The Labute approximate surface area is 311 Å². The number of carbonyl (C=O) groups excluding carboxylic acids is 1. The fraction of sp³-hybridized carbons (Fsp3) is 0.974. The summed E-state index contributed by atoms with van der Waals surface area (Å²) < 4.78 is 37.1. The van der Waals surface area contributed by atoms with Crippen LogP contribution in [0.15, 0.2) is 0 Å². The lowest BCUT2D eigenvalue weighted by Gasteiger charge is -2.61. The SMILES string of the molecule is C[C@@H]1CC[C@@]2(OC1)O[C@H]1C[C@H]3[C@@H]4CC(=O)[C@H]5C[C@@H](O[C@@H]6O[C@H](CO)[C@@H](O)[C@H](O)[C@H]6O[C@@H]6O[C@@H](C)[C@H](O)[C@@H](O)[C@H]6O)CC[C@]5(C)[C@H]4CC[C@]3(C)[C@@]1(O)[C@@H]2C. The van der Waals surface area contributed by atoms with Gasteiger partial charge >= 0.3 is 0 Å². The van der Waals surface area contributed by atoms with Gasteiger partial charge in [-0.1, -0.05) is 27.7 Å². The van der Waals surface area contributed by atoms with Gasteiger partial charge in [0.1, 0.15) is 54.1 Å². The minimum Gasteiger partial charge on any atom is -0.394 e. The van der Waals surface area contributed by atoms with Crippen LogP contribution in [0.2, 0.25) is 0 Å². The van der Waals surface area contributed by atoms with E-state index in [1.807, 2.05) is 0 Å². The fourth-order valence-corrected chi connectivity index (χ4v) is 12.9. The third kappa shape index (κ3) is 5.71. The molecule has 1 spiro atoms. The molecule has 0 aromatic rings. The van der Waals surface area contributed by atoms with E-state index in [9.17, 15) is 40.5 Å². The lowest BCUT2D eigenvalue weighted by molar-refractivity contribution is -0.370. The Morgan fingerprint density at radius 2 is 1.57 bits per heavy atom. The second-order valence-electron chi connectivity index (χ2n) is 18.7. The van der Waals surface area contributed by atoms with Crippen LogP contribution in [-0.4, -0.2) is 140 Å². The smallest absolute Gasteiger partial charge is 0.187 e. The molecular formula is C39H62O14. The molecule has 4 heterocycles. The van der Waals surface area contributed by atoms with Crippen LogP contribution in [0.5, 0.6) is 0 Å². The third-order valence-electron chi connectivity index (χ3n) is 16.2. The first-order chi connectivity index (χ1) is 25.0. The van der Waals surface area contributed by atoms with Crippen LogP contribution in [-0.2, 0) is 33.2 Å². The average molecular weight is 755 g/mol. The van der Waals surface area contributed by atoms with Gasteiger partial charge in [-0.15, -0.1) is 0 Å². The molecule has 8 fully saturated rings. The van der Waals surface area contributed by atoms with Crippen LogP contribution < -0.4 is 0 Å². The van der Waals surface area contributed by atoms with Gasteiger partial charge in [0.05, 0.1) is 31.5 Å². The average Bonchev–Trinajstić information content (AvgIpc) is 3.48. The van der Waals surface area contributed by atoms with Crippen LogP contribution in [0.3, 0.4) is 0 Å². The summed E-state index contributed by atoms with van der Waals surface area (Å²) in [5, 5.41) is 75.6. The quantitative estimate of drug-likeness (QED) is 0.193. The molecule has 0 aromatic heterocycles. The largest absolute Gasteiger partial charge is 0.394 e. The molecular weight excluding hydrogens is 692 g/mol. The van der Waals surface area contributed by atoms with Gasteiger partial charge < -0.3 is 64.2 Å².